The van der Waals surface area contributed by atoms with Crippen LogP contribution in [0.5, 0.6) is 0 Å². The molecule has 1 aliphatic rings. The van der Waals surface area contributed by atoms with Gasteiger partial charge in [-0.1, -0.05) is 66.7 Å². The van der Waals surface area contributed by atoms with Crippen LogP contribution in [0, 0.1) is 5.92 Å². The molecule has 0 unspecified atom stereocenters. The van der Waals surface area contributed by atoms with E-state index >= 15 is 0 Å². The van der Waals surface area contributed by atoms with E-state index in [4.69, 9.17) is 0 Å². The molecule has 190 valence electrons. The second-order valence-electron chi connectivity index (χ2n) is 11.4. The van der Waals surface area contributed by atoms with Crippen LogP contribution in [0.15, 0.2) is 78.9 Å². The molecule has 1 saturated heterocycles. The van der Waals surface area contributed by atoms with Gasteiger partial charge in [-0.05, 0) is 81.4 Å². The number of nitrogens with one attached hydrogen (secondary N) is 1. The van der Waals surface area contributed by atoms with Gasteiger partial charge in [-0.15, -0.1) is 0 Å². The summed E-state index contributed by atoms with van der Waals surface area (Å²) in [5, 5.41) is 3.13. The van der Waals surface area contributed by atoms with Crippen molar-refractivity contribution < 1.29 is 4.79 Å². The van der Waals surface area contributed by atoms with E-state index in [1.54, 1.807) is 0 Å². The lowest BCUT2D eigenvalue weighted by atomic mass is 9.76. The number of carbonyl (C=O) groups excluding carboxylic acids is 1. The maximum atomic E-state index is 13.1. The number of nitrogens with zero attached hydrogens (tertiary/aromatic N) is 2. The second-order valence-corrected chi connectivity index (χ2v) is 11.4. The molecule has 0 bridgehead atoms. The predicted octanol–water partition coefficient (Wildman–Crippen LogP) is 6.33. The Morgan fingerprint density at radius 2 is 1.47 bits per heavy atom. The van der Waals surface area contributed by atoms with Crippen molar-refractivity contribution in [3.05, 3.63) is 101 Å². The summed E-state index contributed by atoms with van der Waals surface area (Å²) in [4.78, 5) is 17.6. The Hall–Kier alpha value is -3.11. The lowest BCUT2D eigenvalue weighted by molar-refractivity contribution is 0.0920. The Kier molecular flexibility index (Phi) is 8.15. The highest BCUT2D eigenvalue weighted by Gasteiger charge is 2.29. The molecular formula is C32H41N3O. The fraction of sp³-hybridized carbons (Fsp3) is 0.406. The average Bonchev–Trinajstić information content (AvgIpc) is 2.85. The summed E-state index contributed by atoms with van der Waals surface area (Å²) >= 11 is 0. The third-order valence-electron chi connectivity index (χ3n) is 7.10. The van der Waals surface area contributed by atoms with Gasteiger partial charge in [-0.2, -0.15) is 0 Å². The Labute approximate surface area is 217 Å². The van der Waals surface area contributed by atoms with E-state index in [1.165, 1.54) is 29.5 Å². The van der Waals surface area contributed by atoms with E-state index in [2.05, 4.69) is 89.1 Å². The number of likely N-dealkylation sites (tertiary alicyclic amines) is 1. The first-order valence-electron chi connectivity index (χ1n) is 13.2. The molecule has 1 amide bonds. The molecular weight excluding hydrogens is 442 g/mol. The zero-order chi connectivity index (χ0) is 25.7. The Morgan fingerprint density at radius 1 is 0.917 bits per heavy atom. The molecule has 0 atom stereocenters. The van der Waals surface area contributed by atoms with Crippen molar-refractivity contribution in [3.63, 3.8) is 0 Å². The van der Waals surface area contributed by atoms with Crippen molar-refractivity contribution in [3.8, 4) is 0 Å². The Morgan fingerprint density at radius 3 is 1.97 bits per heavy atom. The van der Waals surface area contributed by atoms with E-state index in [0.29, 0.717) is 11.8 Å². The van der Waals surface area contributed by atoms with E-state index in [-0.39, 0.29) is 11.4 Å². The fourth-order valence-electron chi connectivity index (χ4n) is 5.42. The third-order valence-corrected chi connectivity index (χ3v) is 7.10. The van der Waals surface area contributed by atoms with Gasteiger partial charge < -0.3 is 10.2 Å². The average molecular weight is 484 g/mol. The minimum Gasteiger partial charge on any atom is -0.377 e. The van der Waals surface area contributed by atoms with Gasteiger partial charge in [0.25, 0.3) is 5.91 Å². The number of rotatable bonds is 7. The molecule has 0 aliphatic carbocycles. The minimum atomic E-state index is -0.271. The van der Waals surface area contributed by atoms with Crippen molar-refractivity contribution in [2.24, 2.45) is 5.92 Å². The van der Waals surface area contributed by atoms with Crippen molar-refractivity contribution >= 4 is 11.6 Å². The number of amides is 1. The quantitative estimate of drug-likeness (QED) is 0.427. The molecule has 1 heterocycles. The monoisotopic (exact) mass is 483 g/mol. The molecule has 4 rings (SSSR count). The minimum absolute atomic E-state index is 0.0136. The Bertz CT molecular complexity index is 1090. The standard InChI is InChI=1S/C32H41N3O/c1-32(2,3)33-31(36)28-22-24(16-17-29(28)34(4)5)23-35-20-18-27(19-21-35)30(25-12-8-6-9-13-25)26-14-10-7-11-15-26/h6-17,22,27,30H,18-21,23H2,1-5H3,(H,33,36). The summed E-state index contributed by atoms with van der Waals surface area (Å²) in [6.45, 7) is 9.07. The van der Waals surface area contributed by atoms with E-state index < -0.39 is 0 Å². The van der Waals surface area contributed by atoms with Gasteiger partial charge in [0.2, 0.25) is 0 Å². The lowest BCUT2D eigenvalue weighted by Gasteiger charge is -2.37. The first-order chi connectivity index (χ1) is 17.2. The van der Waals surface area contributed by atoms with Gasteiger partial charge in [-0.3, -0.25) is 9.69 Å². The van der Waals surface area contributed by atoms with Crippen LogP contribution in [0.3, 0.4) is 0 Å². The van der Waals surface area contributed by atoms with Crippen molar-refractivity contribution in [2.45, 2.75) is 51.6 Å². The SMILES string of the molecule is CN(C)c1ccc(CN2CCC(C(c3ccccc3)c3ccccc3)CC2)cc1C(=O)NC(C)(C)C. The van der Waals surface area contributed by atoms with Crippen LogP contribution in [-0.4, -0.2) is 43.5 Å². The van der Waals surface area contributed by atoms with Crippen LogP contribution < -0.4 is 10.2 Å². The van der Waals surface area contributed by atoms with Crippen molar-refractivity contribution in [1.82, 2.24) is 10.2 Å². The molecule has 0 spiro atoms. The molecule has 36 heavy (non-hydrogen) atoms. The van der Waals surface area contributed by atoms with Crippen molar-refractivity contribution in [1.29, 1.82) is 0 Å². The highest BCUT2D eigenvalue weighted by molar-refractivity contribution is 6.00. The number of piperidine rings is 1. The molecule has 4 nitrogen and oxygen atoms in total. The largest absolute Gasteiger partial charge is 0.377 e. The van der Waals surface area contributed by atoms with Crippen LogP contribution in [0.4, 0.5) is 5.69 Å². The molecule has 3 aromatic carbocycles. The van der Waals surface area contributed by atoms with Crippen LogP contribution >= 0.6 is 0 Å². The maximum Gasteiger partial charge on any atom is 0.253 e. The summed E-state index contributed by atoms with van der Waals surface area (Å²) < 4.78 is 0. The first-order valence-corrected chi connectivity index (χ1v) is 13.2. The Balaban J connectivity index is 1.47. The highest BCUT2D eigenvalue weighted by Crippen LogP contribution is 2.38. The number of hydrogen-bond acceptors (Lipinski definition) is 3. The fourth-order valence-corrected chi connectivity index (χ4v) is 5.42. The summed E-state index contributed by atoms with van der Waals surface area (Å²) in [5.74, 6) is 1.04. The maximum absolute atomic E-state index is 13.1. The molecule has 1 N–H and O–H groups in total. The number of anilines is 1. The normalized spacial score (nSPS) is 15.2. The number of benzene rings is 3. The van der Waals surface area contributed by atoms with Crippen molar-refractivity contribution in [2.75, 3.05) is 32.1 Å². The summed E-state index contributed by atoms with van der Waals surface area (Å²) in [6.07, 6.45) is 2.34. The molecule has 0 saturated carbocycles. The topological polar surface area (TPSA) is 35.6 Å². The van der Waals surface area contributed by atoms with Gasteiger partial charge in [0.15, 0.2) is 0 Å². The van der Waals surface area contributed by atoms with Gasteiger partial charge in [-0.25, -0.2) is 0 Å². The zero-order valence-electron chi connectivity index (χ0n) is 22.5. The first kappa shape index (κ1) is 26.0. The van der Waals surface area contributed by atoms with E-state index in [1.807, 2.05) is 39.8 Å². The highest BCUT2D eigenvalue weighted by atomic mass is 16.1. The predicted molar refractivity (Wildman–Crippen MR) is 151 cm³/mol. The molecule has 4 heteroatoms. The summed E-state index contributed by atoms with van der Waals surface area (Å²) in [5.41, 5.74) is 5.45. The van der Waals surface area contributed by atoms with Crippen LogP contribution in [0.25, 0.3) is 0 Å². The molecule has 0 aromatic heterocycles. The smallest absolute Gasteiger partial charge is 0.253 e. The van der Waals surface area contributed by atoms with Crippen LogP contribution in [0.1, 0.15) is 66.6 Å². The van der Waals surface area contributed by atoms with Crippen LogP contribution in [0.2, 0.25) is 0 Å². The zero-order valence-corrected chi connectivity index (χ0v) is 22.5. The molecule has 3 aromatic rings. The lowest BCUT2D eigenvalue weighted by Crippen LogP contribution is -2.41. The molecule has 1 fully saturated rings. The van der Waals surface area contributed by atoms with Gasteiger partial charge in [0.1, 0.15) is 0 Å². The van der Waals surface area contributed by atoms with Gasteiger partial charge >= 0.3 is 0 Å². The second kappa shape index (κ2) is 11.3. The van der Waals surface area contributed by atoms with E-state index in [0.717, 1.165) is 30.9 Å². The molecule has 0 radical (unpaired) electrons. The van der Waals surface area contributed by atoms with Crippen LogP contribution in [-0.2, 0) is 6.54 Å². The summed E-state index contributed by atoms with van der Waals surface area (Å²) in [7, 11) is 3.98. The van der Waals surface area contributed by atoms with Gasteiger partial charge in [0, 0.05) is 37.8 Å². The molecule has 1 aliphatic heterocycles. The summed E-state index contributed by atoms with van der Waals surface area (Å²) in [6, 6.07) is 28.3. The third kappa shape index (κ3) is 6.55. The number of carbonyl (C=O) groups is 1. The van der Waals surface area contributed by atoms with Gasteiger partial charge in [0.05, 0.1) is 5.56 Å². The number of hydrogen-bond donors (Lipinski definition) is 1. The van der Waals surface area contributed by atoms with E-state index in [9.17, 15) is 4.79 Å².